The number of anilines is 1. The van der Waals surface area contributed by atoms with Gasteiger partial charge >= 0.3 is 0 Å². The maximum Gasteiger partial charge on any atom is 0.193 e. The van der Waals surface area contributed by atoms with Crippen LogP contribution in [0.5, 0.6) is 11.5 Å². The number of para-hydroxylation sites is 1. The van der Waals surface area contributed by atoms with E-state index in [1.807, 2.05) is 61.0 Å². The van der Waals surface area contributed by atoms with Gasteiger partial charge in [0.2, 0.25) is 0 Å². The Morgan fingerprint density at radius 1 is 1.10 bits per heavy atom. The fourth-order valence-electron chi connectivity index (χ4n) is 3.32. The molecule has 2 heterocycles. The van der Waals surface area contributed by atoms with E-state index in [0.29, 0.717) is 25.7 Å². The summed E-state index contributed by atoms with van der Waals surface area (Å²) in [7, 11) is 0. The lowest BCUT2D eigenvalue weighted by Gasteiger charge is -2.12. The number of nitrogens with zero attached hydrogens (tertiary/aromatic N) is 3. The first-order valence-electron chi connectivity index (χ1n) is 9.68. The lowest BCUT2D eigenvalue weighted by molar-refractivity contribution is 0.297. The summed E-state index contributed by atoms with van der Waals surface area (Å²) in [6.07, 6.45) is 0.871. The van der Waals surface area contributed by atoms with Crippen LogP contribution in [0.1, 0.15) is 23.4 Å². The minimum absolute atomic E-state index is 0.336. The smallest absolute Gasteiger partial charge is 0.193 e. The molecule has 0 saturated heterocycles. The molecule has 29 heavy (non-hydrogen) atoms. The van der Waals surface area contributed by atoms with Gasteiger partial charge in [-0.25, -0.2) is 9.67 Å². The van der Waals surface area contributed by atoms with E-state index in [-0.39, 0.29) is 0 Å². The van der Waals surface area contributed by atoms with Crippen LogP contribution < -0.4 is 20.5 Å². The quantitative estimate of drug-likeness (QED) is 0.524. The number of aromatic nitrogens is 2. The Morgan fingerprint density at radius 3 is 2.69 bits per heavy atom. The van der Waals surface area contributed by atoms with Gasteiger partial charge in [-0.2, -0.15) is 5.10 Å². The number of guanidine groups is 1. The molecule has 0 aliphatic carbocycles. The van der Waals surface area contributed by atoms with Crippen molar-refractivity contribution in [2.75, 3.05) is 18.5 Å². The Balaban J connectivity index is 1.50. The summed E-state index contributed by atoms with van der Waals surface area (Å²) in [5.74, 6) is 1.81. The maximum absolute atomic E-state index is 6.13. The molecule has 0 amide bonds. The number of hydrogen-bond donors (Lipinski definition) is 2. The van der Waals surface area contributed by atoms with Crippen molar-refractivity contribution in [3.05, 3.63) is 65.5 Å². The first kappa shape index (κ1) is 18.9. The number of fused-ring (bicyclic) bond motifs is 1. The number of ether oxygens (including phenoxy) is 2. The van der Waals surface area contributed by atoms with E-state index in [1.165, 1.54) is 0 Å². The predicted molar refractivity (Wildman–Crippen MR) is 114 cm³/mol. The molecule has 0 spiro atoms. The lowest BCUT2D eigenvalue weighted by Crippen LogP contribution is -2.22. The Kier molecular flexibility index (Phi) is 5.37. The number of benzene rings is 2. The van der Waals surface area contributed by atoms with Crippen molar-refractivity contribution in [2.24, 2.45) is 10.7 Å². The van der Waals surface area contributed by atoms with E-state index in [9.17, 15) is 0 Å². The van der Waals surface area contributed by atoms with Gasteiger partial charge in [0.1, 0.15) is 0 Å². The molecule has 0 unspecified atom stereocenters. The summed E-state index contributed by atoms with van der Waals surface area (Å²) in [5.41, 5.74) is 11.0. The maximum atomic E-state index is 6.13. The SMILES string of the molecule is Cc1cc(C)n(-c2ccccc2CN=C(N)Nc2ccc3c(c2)OCCCO3)n1. The molecule has 1 aliphatic rings. The number of rotatable bonds is 4. The Labute approximate surface area is 170 Å². The highest BCUT2D eigenvalue weighted by Crippen LogP contribution is 2.32. The second-order valence-corrected chi connectivity index (χ2v) is 7.01. The second-order valence-electron chi connectivity index (χ2n) is 7.01. The molecule has 2 aromatic carbocycles. The van der Waals surface area contributed by atoms with Crippen molar-refractivity contribution in [1.82, 2.24) is 9.78 Å². The van der Waals surface area contributed by atoms with E-state index in [1.54, 1.807) is 0 Å². The zero-order chi connectivity index (χ0) is 20.2. The molecule has 7 nitrogen and oxygen atoms in total. The van der Waals surface area contributed by atoms with E-state index in [0.717, 1.165) is 46.2 Å². The summed E-state index contributed by atoms with van der Waals surface area (Å²) in [4.78, 5) is 4.51. The molecule has 0 atom stereocenters. The first-order valence-corrected chi connectivity index (χ1v) is 9.68. The van der Waals surface area contributed by atoms with Crippen LogP contribution >= 0.6 is 0 Å². The molecule has 1 aliphatic heterocycles. The van der Waals surface area contributed by atoms with Gasteiger partial charge in [-0.1, -0.05) is 18.2 Å². The molecule has 0 bridgehead atoms. The van der Waals surface area contributed by atoms with E-state index in [4.69, 9.17) is 15.2 Å². The molecule has 3 aromatic rings. The summed E-state index contributed by atoms with van der Waals surface area (Å²) < 4.78 is 13.3. The molecule has 1 aromatic heterocycles. The van der Waals surface area contributed by atoms with Crippen molar-refractivity contribution in [1.29, 1.82) is 0 Å². The molecule has 0 radical (unpaired) electrons. The van der Waals surface area contributed by atoms with Crippen LogP contribution in [0, 0.1) is 13.8 Å². The molecule has 0 fully saturated rings. The summed E-state index contributed by atoms with van der Waals surface area (Å²) >= 11 is 0. The van der Waals surface area contributed by atoms with Gasteiger partial charge in [0.25, 0.3) is 0 Å². The third-order valence-corrected chi connectivity index (χ3v) is 4.67. The average Bonchev–Trinajstić information content (AvgIpc) is 2.90. The highest BCUT2D eigenvalue weighted by Gasteiger charge is 2.11. The fraction of sp³-hybridized carbons (Fsp3) is 0.273. The van der Waals surface area contributed by atoms with Gasteiger partial charge in [-0.3, -0.25) is 0 Å². The highest BCUT2D eigenvalue weighted by atomic mass is 16.5. The predicted octanol–water partition coefficient (Wildman–Crippen LogP) is 3.58. The fourth-order valence-corrected chi connectivity index (χ4v) is 3.32. The van der Waals surface area contributed by atoms with Crippen molar-refractivity contribution >= 4 is 11.6 Å². The average molecular weight is 391 g/mol. The van der Waals surface area contributed by atoms with E-state index < -0.39 is 0 Å². The Bertz CT molecular complexity index is 1040. The minimum atomic E-state index is 0.336. The second kappa shape index (κ2) is 8.26. The number of hydrogen-bond acceptors (Lipinski definition) is 4. The molecule has 150 valence electrons. The van der Waals surface area contributed by atoms with Crippen LogP contribution in [0.3, 0.4) is 0 Å². The summed E-state index contributed by atoms with van der Waals surface area (Å²) in [6, 6.07) is 15.8. The van der Waals surface area contributed by atoms with Gasteiger partial charge in [-0.05, 0) is 43.7 Å². The van der Waals surface area contributed by atoms with E-state index in [2.05, 4.69) is 21.5 Å². The highest BCUT2D eigenvalue weighted by molar-refractivity contribution is 5.92. The standard InChI is InChI=1S/C22H25N5O2/c1-15-12-16(2)27(26-15)19-7-4-3-6-17(19)14-24-22(23)25-18-8-9-20-21(13-18)29-11-5-10-28-20/h3-4,6-9,12-13H,5,10-11,14H2,1-2H3,(H3,23,24,25). The largest absolute Gasteiger partial charge is 0.490 e. The van der Waals surface area contributed by atoms with Gasteiger partial charge in [0.05, 0.1) is 31.1 Å². The van der Waals surface area contributed by atoms with Gasteiger partial charge in [0.15, 0.2) is 17.5 Å². The minimum Gasteiger partial charge on any atom is -0.490 e. The van der Waals surface area contributed by atoms with Crippen molar-refractivity contribution in [3.8, 4) is 17.2 Å². The zero-order valence-electron chi connectivity index (χ0n) is 16.7. The topological polar surface area (TPSA) is 86.7 Å². The Hall–Kier alpha value is -3.48. The van der Waals surface area contributed by atoms with Crippen LogP contribution in [-0.2, 0) is 6.54 Å². The van der Waals surface area contributed by atoms with Crippen LogP contribution in [0.4, 0.5) is 5.69 Å². The van der Waals surface area contributed by atoms with Crippen LogP contribution in [-0.4, -0.2) is 29.0 Å². The zero-order valence-corrected chi connectivity index (χ0v) is 16.7. The normalized spacial score (nSPS) is 13.8. The van der Waals surface area contributed by atoms with Crippen molar-refractivity contribution in [2.45, 2.75) is 26.8 Å². The van der Waals surface area contributed by atoms with Crippen LogP contribution in [0.15, 0.2) is 53.5 Å². The van der Waals surface area contributed by atoms with Crippen LogP contribution in [0.2, 0.25) is 0 Å². The number of aliphatic imine (C=N–C) groups is 1. The third-order valence-electron chi connectivity index (χ3n) is 4.67. The molecule has 3 N–H and O–H groups in total. The number of nitrogens with one attached hydrogen (secondary N) is 1. The number of nitrogens with two attached hydrogens (primary N) is 1. The summed E-state index contributed by atoms with van der Waals surface area (Å²) in [5, 5.41) is 7.71. The van der Waals surface area contributed by atoms with Gasteiger partial charge in [0, 0.05) is 23.9 Å². The Morgan fingerprint density at radius 2 is 1.90 bits per heavy atom. The summed E-state index contributed by atoms with van der Waals surface area (Å²) in [6.45, 7) is 5.78. The van der Waals surface area contributed by atoms with Crippen molar-refractivity contribution < 1.29 is 9.47 Å². The van der Waals surface area contributed by atoms with Crippen molar-refractivity contribution in [3.63, 3.8) is 0 Å². The van der Waals surface area contributed by atoms with Crippen LogP contribution in [0.25, 0.3) is 5.69 Å². The monoisotopic (exact) mass is 391 g/mol. The molecule has 4 rings (SSSR count). The van der Waals surface area contributed by atoms with Gasteiger partial charge in [-0.15, -0.1) is 0 Å². The van der Waals surface area contributed by atoms with E-state index >= 15 is 0 Å². The lowest BCUT2D eigenvalue weighted by atomic mass is 10.2. The molecule has 0 saturated carbocycles. The first-order chi connectivity index (χ1) is 14.1. The molecular weight excluding hydrogens is 366 g/mol. The molecule has 7 heteroatoms. The molecular formula is C22H25N5O2. The number of aryl methyl sites for hydroxylation is 2. The van der Waals surface area contributed by atoms with Gasteiger partial charge < -0.3 is 20.5 Å². The third kappa shape index (κ3) is 4.34.